The molecule has 0 saturated heterocycles. The third-order valence-corrected chi connectivity index (χ3v) is 8.81. The van der Waals surface area contributed by atoms with Gasteiger partial charge in [-0.25, -0.2) is 0 Å². The highest BCUT2D eigenvalue weighted by Crippen LogP contribution is 2.61. The van der Waals surface area contributed by atoms with Crippen LogP contribution in [0.5, 0.6) is 0 Å². The van der Waals surface area contributed by atoms with Gasteiger partial charge in [-0.15, -0.1) is 0 Å². The normalized spacial score (nSPS) is 13.9. The van der Waals surface area contributed by atoms with Crippen LogP contribution >= 0.6 is 7.92 Å². The van der Waals surface area contributed by atoms with Gasteiger partial charge >= 0.3 is 0 Å². The first kappa shape index (κ1) is 20.2. The maximum atomic E-state index is 2.40. The van der Waals surface area contributed by atoms with Crippen molar-refractivity contribution < 1.29 is 0 Å². The zero-order valence-electron chi connectivity index (χ0n) is 17.1. The summed E-state index contributed by atoms with van der Waals surface area (Å²) in [5.74, 6) is 0.559. The van der Waals surface area contributed by atoms with Gasteiger partial charge in [0, 0.05) is 0 Å². The molecule has 0 aromatic heterocycles. The molecule has 0 spiro atoms. The SMILES string of the molecule is CC(Cc1ccccc1)c1ccc(CP(C(C)(C)C)C(C)(C)C)cc1. The van der Waals surface area contributed by atoms with E-state index in [9.17, 15) is 0 Å². The van der Waals surface area contributed by atoms with Gasteiger partial charge in [0.2, 0.25) is 0 Å². The molecule has 1 atom stereocenters. The Bertz CT molecular complexity index is 627. The molecule has 1 unspecified atom stereocenters. The Balaban J connectivity index is 2.08. The van der Waals surface area contributed by atoms with Crippen LogP contribution in [0.15, 0.2) is 54.6 Å². The molecule has 0 bridgehead atoms. The molecule has 0 amide bonds. The highest BCUT2D eigenvalue weighted by molar-refractivity contribution is 7.60. The summed E-state index contributed by atoms with van der Waals surface area (Å²) in [4.78, 5) is 0. The summed E-state index contributed by atoms with van der Waals surface area (Å²) in [5, 5.41) is 0.764. The molecule has 0 N–H and O–H groups in total. The maximum absolute atomic E-state index is 2.40. The van der Waals surface area contributed by atoms with Crippen molar-refractivity contribution in [2.75, 3.05) is 0 Å². The fourth-order valence-electron chi connectivity index (χ4n) is 3.70. The molecule has 2 rings (SSSR count). The predicted octanol–water partition coefficient (Wildman–Crippen LogP) is 7.61. The summed E-state index contributed by atoms with van der Waals surface area (Å²) in [7, 11) is -0.0838. The first-order valence-electron chi connectivity index (χ1n) is 9.48. The van der Waals surface area contributed by atoms with Crippen molar-refractivity contribution in [2.24, 2.45) is 0 Å². The van der Waals surface area contributed by atoms with Gasteiger partial charge in [-0.1, -0.05) is 111 Å². The lowest BCUT2D eigenvalue weighted by Crippen LogP contribution is -2.25. The Hall–Kier alpha value is -1.13. The molecular formula is C24H35P. The van der Waals surface area contributed by atoms with E-state index >= 15 is 0 Å². The monoisotopic (exact) mass is 354 g/mol. The molecule has 0 aliphatic carbocycles. The topological polar surface area (TPSA) is 0 Å². The van der Waals surface area contributed by atoms with Crippen LogP contribution in [-0.4, -0.2) is 10.3 Å². The van der Waals surface area contributed by atoms with Crippen molar-refractivity contribution in [1.29, 1.82) is 0 Å². The third kappa shape index (κ3) is 5.96. The number of benzene rings is 2. The molecule has 0 aliphatic rings. The van der Waals surface area contributed by atoms with Crippen LogP contribution in [0, 0.1) is 0 Å². The van der Waals surface area contributed by atoms with Gasteiger partial charge in [0.05, 0.1) is 0 Å². The molecule has 25 heavy (non-hydrogen) atoms. The molecule has 0 saturated carbocycles. The highest BCUT2D eigenvalue weighted by Gasteiger charge is 2.33. The molecule has 0 nitrogen and oxygen atoms in total. The molecule has 1 heteroatoms. The van der Waals surface area contributed by atoms with Crippen LogP contribution < -0.4 is 0 Å². The van der Waals surface area contributed by atoms with Gasteiger partial charge in [0.1, 0.15) is 0 Å². The van der Waals surface area contributed by atoms with Crippen molar-refractivity contribution >= 4 is 7.92 Å². The minimum absolute atomic E-state index is 0.0838. The van der Waals surface area contributed by atoms with Crippen molar-refractivity contribution in [1.82, 2.24) is 0 Å². The summed E-state index contributed by atoms with van der Waals surface area (Å²) in [5.41, 5.74) is 4.36. The third-order valence-electron chi connectivity index (χ3n) is 4.89. The van der Waals surface area contributed by atoms with Crippen LogP contribution in [0.3, 0.4) is 0 Å². The lowest BCUT2D eigenvalue weighted by molar-refractivity contribution is 0.702. The van der Waals surface area contributed by atoms with Gasteiger partial charge in [-0.05, 0) is 45.5 Å². The number of rotatable bonds is 5. The summed E-state index contributed by atoms with van der Waals surface area (Å²) in [6.45, 7) is 16.8. The molecule has 0 heterocycles. The first-order valence-corrected chi connectivity index (χ1v) is 11.0. The largest absolute Gasteiger partial charge is 0.0911 e. The van der Waals surface area contributed by atoms with E-state index in [2.05, 4.69) is 103 Å². The summed E-state index contributed by atoms with van der Waals surface area (Å²) in [6, 6.07) is 20.2. The molecular weight excluding hydrogens is 319 g/mol. The Morgan fingerprint density at radius 2 is 1.24 bits per heavy atom. The van der Waals surface area contributed by atoms with E-state index in [0.717, 1.165) is 6.42 Å². The summed E-state index contributed by atoms with van der Waals surface area (Å²) >= 11 is 0. The molecule has 0 fully saturated rings. The second-order valence-electron chi connectivity index (χ2n) is 9.26. The van der Waals surface area contributed by atoms with E-state index in [4.69, 9.17) is 0 Å². The second kappa shape index (κ2) is 8.05. The van der Waals surface area contributed by atoms with E-state index < -0.39 is 0 Å². The Morgan fingerprint density at radius 1 is 0.720 bits per heavy atom. The zero-order chi connectivity index (χ0) is 18.7. The minimum atomic E-state index is -0.0838. The van der Waals surface area contributed by atoms with E-state index in [1.54, 1.807) is 0 Å². The fourth-order valence-corrected chi connectivity index (χ4v) is 7.24. The van der Waals surface area contributed by atoms with Crippen LogP contribution in [0.1, 0.15) is 71.1 Å². The molecule has 136 valence electrons. The summed E-state index contributed by atoms with van der Waals surface area (Å²) in [6.07, 6.45) is 2.33. The average Bonchev–Trinajstić information content (AvgIpc) is 2.52. The molecule has 2 aromatic rings. The first-order chi connectivity index (χ1) is 11.6. The number of hydrogen-bond donors (Lipinski definition) is 0. The molecule has 0 radical (unpaired) electrons. The van der Waals surface area contributed by atoms with Crippen molar-refractivity contribution in [3.63, 3.8) is 0 Å². The van der Waals surface area contributed by atoms with Crippen molar-refractivity contribution in [3.05, 3.63) is 71.3 Å². The lowest BCUT2D eigenvalue weighted by atomic mass is 9.93. The van der Waals surface area contributed by atoms with Gasteiger partial charge in [-0.3, -0.25) is 0 Å². The average molecular weight is 355 g/mol. The smallest absolute Gasteiger partial charge is 0.00637 e. The quantitative estimate of drug-likeness (QED) is 0.485. The summed E-state index contributed by atoms with van der Waals surface area (Å²) < 4.78 is 0. The predicted molar refractivity (Wildman–Crippen MR) is 115 cm³/mol. The van der Waals surface area contributed by atoms with E-state index in [-0.39, 0.29) is 7.92 Å². The van der Waals surface area contributed by atoms with Crippen molar-refractivity contribution in [2.45, 2.75) is 77.3 Å². The fraction of sp³-hybridized carbons (Fsp3) is 0.500. The Kier molecular flexibility index (Phi) is 6.50. The van der Waals surface area contributed by atoms with Crippen LogP contribution in [0.25, 0.3) is 0 Å². The van der Waals surface area contributed by atoms with Crippen molar-refractivity contribution in [3.8, 4) is 0 Å². The highest BCUT2D eigenvalue weighted by atomic mass is 31.1. The van der Waals surface area contributed by atoms with Crippen LogP contribution in [0.2, 0.25) is 0 Å². The maximum Gasteiger partial charge on any atom is -0.00637 e. The zero-order valence-corrected chi connectivity index (χ0v) is 18.0. The molecule has 0 aliphatic heterocycles. The minimum Gasteiger partial charge on any atom is -0.0911 e. The Morgan fingerprint density at radius 3 is 1.72 bits per heavy atom. The van der Waals surface area contributed by atoms with Gasteiger partial charge in [0.15, 0.2) is 0 Å². The van der Waals surface area contributed by atoms with E-state index in [1.807, 2.05) is 0 Å². The second-order valence-corrected chi connectivity index (χ2v) is 13.1. The standard InChI is InChI=1S/C24H35P/c1-19(17-20-11-9-8-10-12-20)22-15-13-21(14-16-22)18-25(23(2,3)4)24(5,6)7/h8-16,19H,17-18H2,1-7H3. The number of hydrogen-bond acceptors (Lipinski definition) is 0. The van der Waals surface area contributed by atoms with Gasteiger partial charge < -0.3 is 0 Å². The van der Waals surface area contributed by atoms with Crippen LogP contribution in [0.4, 0.5) is 0 Å². The van der Waals surface area contributed by atoms with Gasteiger partial charge in [0.25, 0.3) is 0 Å². The van der Waals surface area contributed by atoms with E-state index in [0.29, 0.717) is 16.2 Å². The molecule has 2 aromatic carbocycles. The lowest BCUT2D eigenvalue weighted by Gasteiger charge is -2.41. The van der Waals surface area contributed by atoms with E-state index in [1.165, 1.54) is 22.9 Å². The van der Waals surface area contributed by atoms with Crippen LogP contribution in [-0.2, 0) is 12.6 Å². The van der Waals surface area contributed by atoms with Gasteiger partial charge in [-0.2, -0.15) is 0 Å². The Labute approximate surface area is 156 Å².